The standard InChI is InChI=1S/C14H20F2N2/c1-18-6-4-11(5-7-18)9-17-10-12-2-3-13(15)14(16)8-12/h2-3,8,11,17H,4-7,9-10H2,1H3. The number of hydrogen-bond donors (Lipinski definition) is 1. The Balaban J connectivity index is 1.73. The van der Waals surface area contributed by atoms with Gasteiger partial charge in [0.05, 0.1) is 0 Å². The van der Waals surface area contributed by atoms with Gasteiger partial charge in [-0.15, -0.1) is 0 Å². The summed E-state index contributed by atoms with van der Waals surface area (Å²) in [4.78, 5) is 2.34. The number of halogens is 2. The molecule has 2 nitrogen and oxygen atoms in total. The zero-order chi connectivity index (χ0) is 13.0. The molecule has 2 rings (SSSR count). The lowest BCUT2D eigenvalue weighted by molar-refractivity contribution is 0.216. The molecule has 0 atom stereocenters. The lowest BCUT2D eigenvalue weighted by Gasteiger charge is -2.29. The predicted octanol–water partition coefficient (Wildman–Crippen LogP) is 2.40. The molecule has 0 bridgehead atoms. The van der Waals surface area contributed by atoms with Crippen LogP contribution in [0.25, 0.3) is 0 Å². The van der Waals surface area contributed by atoms with Gasteiger partial charge in [0.2, 0.25) is 0 Å². The fourth-order valence-electron chi connectivity index (χ4n) is 2.34. The summed E-state index contributed by atoms with van der Waals surface area (Å²) in [5, 5.41) is 3.33. The van der Waals surface area contributed by atoms with Gasteiger partial charge in [0, 0.05) is 6.54 Å². The highest BCUT2D eigenvalue weighted by Crippen LogP contribution is 2.15. The van der Waals surface area contributed by atoms with Crippen molar-refractivity contribution in [2.75, 3.05) is 26.7 Å². The Morgan fingerprint density at radius 3 is 2.61 bits per heavy atom. The van der Waals surface area contributed by atoms with Crippen LogP contribution in [0.5, 0.6) is 0 Å². The smallest absolute Gasteiger partial charge is 0.159 e. The molecule has 0 spiro atoms. The summed E-state index contributed by atoms with van der Waals surface area (Å²) in [5.74, 6) is -0.853. The Kier molecular flexibility index (Phi) is 4.66. The molecule has 1 saturated heterocycles. The van der Waals surface area contributed by atoms with E-state index < -0.39 is 11.6 Å². The Labute approximate surface area is 107 Å². The maximum atomic E-state index is 13.0. The maximum Gasteiger partial charge on any atom is 0.159 e. The molecule has 1 fully saturated rings. The maximum absolute atomic E-state index is 13.0. The molecule has 0 amide bonds. The van der Waals surface area contributed by atoms with Crippen LogP contribution in [0.2, 0.25) is 0 Å². The molecule has 0 aromatic heterocycles. The number of rotatable bonds is 4. The summed E-state index contributed by atoms with van der Waals surface area (Å²) in [6, 6.07) is 4.07. The van der Waals surface area contributed by atoms with Crippen LogP contribution < -0.4 is 5.32 Å². The first-order valence-corrected chi connectivity index (χ1v) is 6.48. The predicted molar refractivity (Wildman–Crippen MR) is 68.3 cm³/mol. The molecule has 0 saturated carbocycles. The Bertz CT molecular complexity index is 387. The molecule has 100 valence electrons. The SMILES string of the molecule is CN1CCC(CNCc2ccc(F)c(F)c2)CC1. The first-order valence-electron chi connectivity index (χ1n) is 6.48. The second kappa shape index (κ2) is 6.25. The van der Waals surface area contributed by atoms with Gasteiger partial charge >= 0.3 is 0 Å². The lowest BCUT2D eigenvalue weighted by atomic mass is 9.97. The molecule has 4 heteroatoms. The van der Waals surface area contributed by atoms with Crippen LogP contribution >= 0.6 is 0 Å². The second-order valence-corrected chi connectivity index (χ2v) is 5.13. The topological polar surface area (TPSA) is 15.3 Å². The summed E-state index contributed by atoms with van der Waals surface area (Å²) in [6.07, 6.45) is 2.42. The normalized spacial score (nSPS) is 18.2. The average Bonchev–Trinajstić information content (AvgIpc) is 2.36. The highest BCUT2D eigenvalue weighted by atomic mass is 19.2. The van der Waals surface area contributed by atoms with Crippen molar-refractivity contribution in [3.05, 3.63) is 35.4 Å². The van der Waals surface area contributed by atoms with Crippen molar-refractivity contribution in [1.29, 1.82) is 0 Å². The molecule has 1 heterocycles. The molecule has 1 aromatic rings. The van der Waals surface area contributed by atoms with Crippen molar-refractivity contribution in [3.63, 3.8) is 0 Å². The Morgan fingerprint density at radius 2 is 1.94 bits per heavy atom. The number of nitrogens with one attached hydrogen (secondary N) is 1. The monoisotopic (exact) mass is 254 g/mol. The molecule has 1 N–H and O–H groups in total. The van der Waals surface area contributed by atoms with E-state index in [0.29, 0.717) is 12.5 Å². The van der Waals surface area contributed by atoms with Gasteiger partial charge in [-0.3, -0.25) is 0 Å². The van der Waals surface area contributed by atoms with Gasteiger partial charge in [0.1, 0.15) is 0 Å². The number of nitrogens with zero attached hydrogens (tertiary/aromatic N) is 1. The molecule has 0 radical (unpaired) electrons. The summed E-state index contributed by atoms with van der Waals surface area (Å²) in [6.45, 7) is 3.85. The molecular weight excluding hydrogens is 234 g/mol. The van der Waals surface area contributed by atoms with Gasteiger partial charge in [0.15, 0.2) is 11.6 Å². The molecule has 1 aliphatic heterocycles. The van der Waals surface area contributed by atoms with Crippen molar-refractivity contribution in [2.24, 2.45) is 5.92 Å². The molecule has 18 heavy (non-hydrogen) atoms. The van der Waals surface area contributed by atoms with Crippen LogP contribution in [0.3, 0.4) is 0 Å². The van der Waals surface area contributed by atoms with Gasteiger partial charge in [-0.25, -0.2) is 8.78 Å². The van der Waals surface area contributed by atoms with Gasteiger partial charge in [-0.2, -0.15) is 0 Å². The highest BCUT2D eigenvalue weighted by Gasteiger charge is 2.15. The third-order valence-corrected chi connectivity index (χ3v) is 3.58. The van der Waals surface area contributed by atoms with Crippen molar-refractivity contribution in [2.45, 2.75) is 19.4 Å². The van der Waals surface area contributed by atoms with Crippen LogP contribution in [0, 0.1) is 17.6 Å². The van der Waals surface area contributed by atoms with E-state index >= 15 is 0 Å². The van der Waals surface area contributed by atoms with Gasteiger partial charge in [-0.1, -0.05) is 6.07 Å². The molecule has 0 unspecified atom stereocenters. The Hall–Kier alpha value is -1.00. The largest absolute Gasteiger partial charge is 0.312 e. The van der Waals surface area contributed by atoms with Crippen molar-refractivity contribution < 1.29 is 8.78 Å². The van der Waals surface area contributed by atoms with E-state index in [1.54, 1.807) is 6.07 Å². The number of benzene rings is 1. The Morgan fingerprint density at radius 1 is 1.22 bits per heavy atom. The quantitative estimate of drug-likeness (QED) is 0.887. The first kappa shape index (κ1) is 13.4. The highest BCUT2D eigenvalue weighted by molar-refractivity contribution is 5.17. The van der Waals surface area contributed by atoms with Crippen LogP contribution in [-0.2, 0) is 6.54 Å². The van der Waals surface area contributed by atoms with E-state index in [4.69, 9.17) is 0 Å². The van der Waals surface area contributed by atoms with E-state index in [1.165, 1.54) is 25.0 Å². The van der Waals surface area contributed by atoms with Crippen LogP contribution in [-0.4, -0.2) is 31.6 Å². The number of hydrogen-bond acceptors (Lipinski definition) is 2. The first-order chi connectivity index (χ1) is 8.65. The minimum Gasteiger partial charge on any atom is -0.312 e. The third-order valence-electron chi connectivity index (χ3n) is 3.58. The van der Waals surface area contributed by atoms with Crippen molar-refractivity contribution in [3.8, 4) is 0 Å². The summed E-state index contributed by atoms with van der Waals surface area (Å²) < 4.78 is 25.7. The lowest BCUT2D eigenvalue weighted by Crippen LogP contribution is -2.34. The molecule has 0 aliphatic carbocycles. The zero-order valence-corrected chi connectivity index (χ0v) is 10.8. The third kappa shape index (κ3) is 3.75. The van der Waals surface area contributed by atoms with Crippen molar-refractivity contribution in [1.82, 2.24) is 10.2 Å². The zero-order valence-electron chi connectivity index (χ0n) is 10.8. The van der Waals surface area contributed by atoms with E-state index in [2.05, 4.69) is 17.3 Å². The second-order valence-electron chi connectivity index (χ2n) is 5.13. The molecule has 1 aliphatic rings. The number of likely N-dealkylation sites (tertiary alicyclic amines) is 1. The summed E-state index contributed by atoms with van der Waals surface area (Å²) in [7, 11) is 2.14. The minimum absolute atomic E-state index is 0.601. The fraction of sp³-hybridized carbons (Fsp3) is 0.571. The fourth-order valence-corrected chi connectivity index (χ4v) is 2.34. The summed E-state index contributed by atoms with van der Waals surface area (Å²) >= 11 is 0. The van der Waals surface area contributed by atoms with E-state index in [-0.39, 0.29) is 0 Å². The van der Waals surface area contributed by atoms with E-state index in [1.807, 2.05) is 0 Å². The molecule has 1 aromatic carbocycles. The molecular formula is C14H20F2N2. The van der Waals surface area contributed by atoms with Gasteiger partial charge in [0.25, 0.3) is 0 Å². The van der Waals surface area contributed by atoms with E-state index in [9.17, 15) is 8.78 Å². The van der Waals surface area contributed by atoms with Crippen LogP contribution in [0.1, 0.15) is 18.4 Å². The summed E-state index contributed by atoms with van der Waals surface area (Å²) in [5.41, 5.74) is 0.793. The minimum atomic E-state index is -0.783. The van der Waals surface area contributed by atoms with E-state index in [0.717, 1.165) is 25.2 Å². The van der Waals surface area contributed by atoms with Crippen LogP contribution in [0.4, 0.5) is 8.78 Å². The number of piperidine rings is 1. The van der Waals surface area contributed by atoms with Crippen LogP contribution in [0.15, 0.2) is 18.2 Å². The van der Waals surface area contributed by atoms with Crippen molar-refractivity contribution >= 4 is 0 Å². The van der Waals surface area contributed by atoms with Gasteiger partial charge in [-0.05, 0) is 63.1 Å². The average molecular weight is 254 g/mol. The van der Waals surface area contributed by atoms with Gasteiger partial charge < -0.3 is 10.2 Å².